The minimum Gasteiger partial charge on any atom is -0.484 e. The summed E-state index contributed by atoms with van der Waals surface area (Å²) in [7, 11) is 0. The summed E-state index contributed by atoms with van der Waals surface area (Å²) >= 11 is 0. The van der Waals surface area contributed by atoms with E-state index in [1.807, 2.05) is 17.2 Å². The normalized spacial score (nSPS) is 17.4. The summed E-state index contributed by atoms with van der Waals surface area (Å²) in [5, 5.41) is 1.09. The number of halogens is 1. The minimum atomic E-state index is -0.323. The van der Waals surface area contributed by atoms with Gasteiger partial charge < -0.3 is 14.6 Å². The monoisotopic (exact) mass is 353 g/mol. The predicted molar refractivity (Wildman–Crippen MR) is 96.5 cm³/mol. The van der Waals surface area contributed by atoms with E-state index in [1.165, 1.54) is 24.3 Å². The molecular formula is C20H20FN3O2. The molecule has 1 aliphatic rings. The average molecular weight is 353 g/mol. The van der Waals surface area contributed by atoms with Gasteiger partial charge in [0.05, 0.1) is 0 Å². The first-order chi connectivity index (χ1) is 12.7. The molecule has 4 rings (SSSR count). The van der Waals surface area contributed by atoms with E-state index in [-0.39, 0.29) is 24.2 Å². The maximum atomic E-state index is 12.9. The highest BCUT2D eigenvalue weighted by Crippen LogP contribution is 2.28. The highest BCUT2D eigenvalue weighted by molar-refractivity contribution is 5.80. The standard InChI is InChI=1S/C20H20FN3O2/c21-16-3-5-17(6-4-16)26-13-20(25)24-9-1-2-14(12-24)19-10-15-11-22-8-7-18(15)23-19/h3-8,10-11,14,23H,1-2,9,12-13H2/t14-/m0/s1. The number of ether oxygens (including phenoxy) is 1. The van der Waals surface area contributed by atoms with E-state index in [2.05, 4.69) is 16.0 Å². The molecule has 1 atom stereocenters. The van der Waals surface area contributed by atoms with Crippen LogP contribution in [0.4, 0.5) is 4.39 Å². The Labute approximate surface area is 150 Å². The van der Waals surface area contributed by atoms with E-state index in [4.69, 9.17) is 4.74 Å². The van der Waals surface area contributed by atoms with Gasteiger partial charge in [0.2, 0.25) is 0 Å². The van der Waals surface area contributed by atoms with Crippen molar-refractivity contribution in [1.82, 2.24) is 14.9 Å². The lowest BCUT2D eigenvalue weighted by molar-refractivity contribution is -0.134. The number of carbonyl (C=O) groups excluding carboxylic acids is 1. The molecule has 5 nitrogen and oxygen atoms in total. The lowest BCUT2D eigenvalue weighted by Gasteiger charge is -2.32. The number of pyridine rings is 1. The zero-order chi connectivity index (χ0) is 17.9. The van der Waals surface area contributed by atoms with Gasteiger partial charge in [-0.25, -0.2) is 4.39 Å². The first-order valence-corrected chi connectivity index (χ1v) is 8.78. The smallest absolute Gasteiger partial charge is 0.260 e. The molecular weight excluding hydrogens is 333 g/mol. The summed E-state index contributed by atoms with van der Waals surface area (Å²) in [5.74, 6) is 0.412. The Kier molecular flexibility index (Phi) is 4.56. The molecule has 0 bridgehead atoms. The molecule has 0 spiro atoms. The number of likely N-dealkylation sites (tertiary alicyclic amines) is 1. The van der Waals surface area contributed by atoms with Crippen molar-refractivity contribution < 1.29 is 13.9 Å². The predicted octanol–water partition coefficient (Wildman–Crippen LogP) is 3.49. The van der Waals surface area contributed by atoms with Crippen molar-refractivity contribution in [2.45, 2.75) is 18.8 Å². The summed E-state index contributed by atoms with van der Waals surface area (Å²) in [4.78, 5) is 21.9. The molecule has 1 amide bonds. The van der Waals surface area contributed by atoms with Crippen LogP contribution < -0.4 is 4.74 Å². The van der Waals surface area contributed by atoms with Gasteiger partial charge in [-0.15, -0.1) is 0 Å². The van der Waals surface area contributed by atoms with Crippen LogP contribution in [-0.2, 0) is 4.79 Å². The van der Waals surface area contributed by atoms with Crippen molar-refractivity contribution in [3.8, 4) is 5.75 Å². The Morgan fingerprint density at radius 3 is 2.96 bits per heavy atom. The molecule has 1 aliphatic heterocycles. The van der Waals surface area contributed by atoms with Crippen LogP contribution in [0.5, 0.6) is 5.75 Å². The van der Waals surface area contributed by atoms with Gasteiger partial charge in [-0.2, -0.15) is 0 Å². The number of hydrogen-bond acceptors (Lipinski definition) is 3. The SMILES string of the molecule is O=C(COc1ccc(F)cc1)N1CCC[C@H](c2cc3cnccc3[nH]2)C1. The number of piperidine rings is 1. The summed E-state index contributed by atoms with van der Waals surface area (Å²) in [5.41, 5.74) is 2.21. The van der Waals surface area contributed by atoms with Crippen LogP contribution in [0.25, 0.3) is 10.9 Å². The molecule has 26 heavy (non-hydrogen) atoms. The largest absolute Gasteiger partial charge is 0.484 e. The van der Waals surface area contributed by atoms with E-state index in [9.17, 15) is 9.18 Å². The fourth-order valence-corrected chi connectivity index (χ4v) is 3.44. The molecule has 0 saturated carbocycles. The van der Waals surface area contributed by atoms with Crippen LogP contribution >= 0.6 is 0 Å². The number of H-pyrrole nitrogens is 1. The van der Waals surface area contributed by atoms with E-state index >= 15 is 0 Å². The second kappa shape index (κ2) is 7.15. The molecule has 6 heteroatoms. The number of carbonyl (C=O) groups is 1. The van der Waals surface area contributed by atoms with E-state index in [0.29, 0.717) is 12.3 Å². The number of nitrogens with one attached hydrogen (secondary N) is 1. The quantitative estimate of drug-likeness (QED) is 0.781. The third kappa shape index (κ3) is 3.54. The Morgan fingerprint density at radius 1 is 1.31 bits per heavy atom. The van der Waals surface area contributed by atoms with Gasteiger partial charge in [-0.05, 0) is 49.2 Å². The molecule has 134 valence electrons. The first-order valence-electron chi connectivity index (χ1n) is 8.78. The maximum absolute atomic E-state index is 12.9. The lowest BCUT2D eigenvalue weighted by Crippen LogP contribution is -2.41. The van der Waals surface area contributed by atoms with Crippen LogP contribution in [0, 0.1) is 5.82 Å². The molecule has 3 aromatic rings. The molecule has 0 unspecified atom stereocenters. The Hall–Kier alpha value is -2.89. The summed E-state index contributed by atoms with van der Waals surface area (Å²) in [6.07, 6.45) is 5.62. The minimum absolute atomic E-state index is 0.0328. The first kappa shape index (κ1) is 16.6. The number of amides is 1. The highest BCUT2D eigenvalue weighted by Gasteiger charge is 2.26. The molecule has 1 aromatic carbocycles. The van der Waals surface area contributed by atoms with Crippen LogP contribution in [0.15, 0.2) is 48.8 Å². The van der Waals surface area contributed by atoms with Crippen molar-refractivity contribution in [2.24, 2.45) is 0 Å². The van der Waals surface area contributed by atoms with Crippen molar-refractivity contribution in [3.05, 3.63) is 60.3 Å². The van der Waals surface area contributed by atoms with Crippen LogP contribution in [0.1, 0.15) is 24.5 Å². The third-order valence-corrected chi connectivity index (χ3v) is 4.83. The Bertz CT molecular complexity index is 874. The third-order valence-electron chi connectivity index (χ3n) is 4.83. The summed E-state index contributed by atoms with van der Waals surface area (Å²) < 4.78 is 18.4. The zero-order valence-corrected chi connectivity index (χ0v) is 14.3. The van der Waals surface area contributed by atoms with Gasteiger partial charge in [-0.3, -0.25) is 9.78 Å². The number of rotatable bonds is 4. The maximum Gasteiger partial charge on any atom is 0.260 e. The number of hydrogen-bond donors (Lipinski definition) is 1. The topological polar surface area (TPSA) is 58.2 Å². The van der Waals surface area contributed by atoms with Gasteiger partial charge in [0.25, 0.3) is 5.91 Å². The fraction of sp³-hybridized carbons (Fsp3) is 0.300. The van der Waals surface area contributed by atoms with Crippen LogP contribution in [0.2, 0.25) is 0 Å². The molecule has 2 aromatic heterocycles. The van der Waals surface area contributed by atoms with E-state index in [0.717, 1.165) is 36.0 Å². The molecule has 0 aliphatic carbocycles. The van der Waals surface area contributed by atoms with E-state index in [1.54, 1.807) is 6.20 Å². The van der Waals surface area contributed by atoms with Crippen molar-refractivity contribution in [2.75, 3.05) is 19.7 Å². The molecule has 1 fully saturated rings. The molecule has 1 saturated heterocycles. The Morgan fingerprint density at radius 2 is 2.15 bits per heavy atom. The summed E-state index contributed by atoms with van der Waals surface area (Å²) in [6, 6.07) is 9.78. The Balaban J connectivity index is 1.39. The van der Waals surface area contributed by atoms with Crippen molar-refractivity contribution in [3.63, 3.8) is 0 Å². The van der Waals surface area contributed by atoms with Crippen molar-refractivity contribution >= 4 is 16.8 Å². The van der Waals surface area contributed by atoms with Gasteiger partial charge in [0.15, 0.2) is 6.61 Å². The second-order valence-corrected chi connectivity index (χ2v) is 6.61. The fourth-order valence-electron chi connectivity index (χ4n) is 3.44. The molecule has 3 heterocycles. The summed E-state index contributed by atoms with van der Waals surface area (Å²) in [6.45, 7) is 1.38. The van der Waals surface area contributed by atoms with Crippen LogP contribution in [0.3, 0.4) is 0 Å². The average Bonchev–Trinajstić information content (AvgIpc) is 3.12. The molecule has 1 N–H and O–H groups in total. The number of benzene rings is 1. The second-order valence-electron chi connectivity index (χ2n) is 6.61. The highest BCUT2D eigenvalue weighted by atomic mass is 19.1. The zero-order valence-electron chi connectivity index (χ0n) is 14.3. The molecule has 0 radical (unpaired) electrons. The van der Waals surface area contributed by atoms with Gasteiger partial charge in [-0.1, -0.05) is 0 Å². The van der Waals surface area contributed by atoms with Gasteiger partial charge in [0, 0.05) is 48.0 Å². The number of aromatic nitrogens is 2. The lowest BCUT2D eigenvalue weighted by atomic mass is 9.95. The number of fused-ring (bicyclic) bond motifs is 1. The van der Waals surface area contributed by atoms with Crippen LogP contribution in [-0.4, -0.2) is 40.5 Å². The van der Waals surface area contributed by atoms with Crippen molar-refractivity contribution in [1.29, 1.82) is 0 Å². The number of nitrogens with zero attached hydrogens (tertiary/aromatic N) is 2. The van der Waals surface area contributed by atoms with E-state index < -0.39 is 0 Å². The van der Waals surface area contributed by atoms with Gasteiger partial charge >= 0.3 is 0 Å². The van der Waals surface area contributed by atoms with Gasteiger partial charge in [0.1, 0.15) is 11.6 Å². The number of aromatic amines is 1.